The molecule has 7 heavy (non-hydrogen) atoms. The van der Waals surface area contributed by atoms with E-state index in [-0.39, 0.29) is 16.8 Å². The van der Waals surface area contributed by atoms with Gasteiger partial charge in [-0.05, 0) is 6.42 Å². The molecule has 45 valence electrons. The summed E-state index contributed by atoms with van der Waals surface area (Å²) in [6.45, 7) is 5.78. The van der Waals surface area contributed by atoms with E-state index in [0.29, 0.717) is 0 Å². The van der Waals surface area contributed by atoms with E-state index < -0.39 is 0 Å². The third kappa shape index (κ3) is 10.7. The summed E-state index contributed by atoms with van der Waals surface area (Å²) in [5.74, 6) is 0. The first-order valence-electron chi connectivity index (χ1n) is 2.52. The first kappa shape index (κ1) is 10.3. The standard InChI is InChI=1S/C6H12.Co/c1-3-5-6-4-2;/h3H,1,4-6H2,2H3;. The van der Waals surface area contributed by atoms with Gasteiger partial charge in [-0.25, -0.2) is 0 Å². The third-order valence-corrected chi connectivity index (χ3v) is 0.762. The van der Waals surface area contributed by atoms with Gasteiger partial charge in [-0.1, -0.05) is 25.8 Å². The summed E-state index contributed by atoms with van der Waals surface area (Å²) in [5, 5.41) is 0. The van der Waals surface area contributed by atoms with Gasteiger partial charge in [0.2, 0.25) is 0 Å². The van der Waals surface area contributed by atoms with Gasteiger partial charge < -0.3 is 0 Å². The van der Waals surface area contributed by atoms with Crippen molar-refractivity contribution < 1.29 is 16.8 Å². The van der Waals surface area contributed by atoms with Crippen molar-refractivity contribution in [2.75, 3.05) is 0 Å². The summed E-state index contributed by atoms with van der Waals surface area (Å²) in [4.78, 5) is 0. The Kier molecular flexibility index (Phi) is 14.0. The monoisotopic (exact) mass is 143 g/mol. The number of rotatable bonds is 3. The second-order valence-electron chi connectivity index (χ2n) is 1.43. The maximum Gasteiger partial charge on any atom is 0 e. The molecule has 0 nitrogen and oxygen atoms in total. The number of hydrogen-bond donors (Lipinski definition) is 0. The Morgan fingerprint density at radius 3 is 2.29 bits per heavy atom. The summed E-state index contributed by atoms with van der Waals surface area (Å²) in [6.07, 6.45) is 5.72. The molecule has 0 aliphatic heterocycles. The van der Waals surface area contributed by atoms with Gasteiger partial charge >= 0.3 is 0 Å². The SMILES string of the molecule is C=CCCCC.[Co]. The van der Waals surface area contributed by atoms with Crippen LogP contribution in [0.25, 0.3) is 0 Å². The molecule has 0 fully saturated rings. The summed E-state index contributed by atoms with van der Waals surface area (Å²) in [6, 6.07) is 0. The van der Waals surface area contributed by atoms with Crippen molar-refractivity contribution >= 4 is 0 Å². The minimum Gasteiger partial charge on any atom is -0.103 e. The maximum absolute atomic E-state index is 3.60. The molecule has 0 aromatic rings. The van der Waals surface area contributed by atoms with E-state index in [0.717, 1.165) is 0 Å². The van der Waals surface area contributed by atoms with Crippen LogP contribution >= 0.6 is 0 Å². The molecule has 1 heteroatoms. The fourth-order valence-electron chi connectivity index (χ4n) is 0.348. The van der Waals surface area contributed by atoms with Gasteiger partial charge in [-0.3, -0.25) is 0 Å². The normalized spacial score (nSPS) is 7.00. The first-order chi connectivity index (χ1) is 2.91. The first-order valence-corrected chi connectivity index (χ1v) is 2.52. The molecule has 0 aliphatic rings. The Balaban J connectivity index is 0. The zero-order chi connectivity index (χ0) is 4.83. The Hall–Kier alpha value is 0.246. The van der Waals surface area contributed by atoms with Crippen LogP contribution in [-0.2, 0) is 16.8 Å². The van der Waals surface area contributed by atoms with Gasteiger partial charge in [0.25, 0.3) is 0 Å². The molecule has 0 aliphatic carbocycles. The smallest absolute Gasteiger partial charge is 0 e. The second-order valence-corrected chi connectivity index (χ2v) is 1.43. The molecule has 0 N–H and O–H groups in total. The summed E-state index contributed by atoms with van der Waals surface area (Å²) in [5.41, 5.74) is 0. The molecular formula is C6H12Co. The minimum absolute atomic E-state index is 0. The summed E-state index contributed by atoms with van der Waals surface area (Å²) >= 11 is 0. The average molecular weight is 143 g/mol. The van der Waals surface area contributed by atoms with Gasteiger partial charge in [-0.15, -0.1) is 6.58 Å². The van der Waals surface area contributed by atoms with Crippen LogP contribution in [0.15, 0.2) is 12.7 Å². The number of unbranched alkanes of at least 4 members (excludes halogenated alkanes) is 2. The van der Waals surface area contributed by atoms with Crippen LogP contribution in [0.3, 0.4) is 0 Å². The van der Waals surface area contributed by atoms with E-state index in [1.54, 1.807) is 0 Å². The maximum atomic E-state index is 3.60. The molecule has 0 unspecified atom stereocenters. The van der Waals surface area contributed by atoms with Crippen LogP contribution in [0.2, 0.25) is 0 Å². The summed E-state index contributed by atoms with van der Waals surface area (Å²) < 4.78 is 0. The summed E-state index contributed by atoms with van der Waals surface area (Å²) in [7, 11) is 0. The Labute approximate surface area is 56.2 Å². The van der Waals surface area contributed by atoms with E-state index in [2.05, 4.69) is 13.5 Å². The molecule has 0 amide bonds. The predicted octanol–water partition coefficient (Wildman–Crippen LogP) is 2.36. The Bertz CT molecular complexity index is 33.2. The molecular weight excluding hydrogens is 131 g/mol. The van der Waals surface area contributed by atoms with Crippen LogP contribution < -0.4 is 0 Å². The largest absolute Gasteiger partial charge is 0.103 e. The topological polar surface area (TPSA) is 0 Å². The van der Waals surface area contributed by atoms with Crippen LogP contribution in [-0.4, -0.2) is 0 Å². The number of allylic oxidation sites excluding steroid dienone is 1. The fraction of sp³-hybridized carbons (Fsp3) is 0.667. The Morgan fingerprint density at radius 2 is 2.14 bits per heavy atom. The predicted molar refractivity (Wildman–Crippen MR) is 29.7 cm³/mol. The minimum atomic E-state index is 0. The van der Waals surface area contributed by atoms with Crippen LogP contribution in [0.4, 0.5) is 0 Å². The zero-order valence-corrected chi connectivity index (χ0v) is 5.78. The molecule has 0 bridgehead atoms. The van der Waals surface area contributed by atoms with Gasteiger partial charge in [0, 0.05) is 16.8 Å². The van der Waals surface area contributed by atoms with E-state index in [9.17, 15) is 0 Å². The van der Waals surface area contributed by atoms with Gasteiger partial charge in [0.1, 0.15) is 0 Å². The van der Waals surface area contributed by atoms with E-state index in [4.69, 9.17) is 0 Å². The van der Waals surface area contributed by atoms with Crippen molar-refractivity contribution in [1.29, 1.82) is 0 Å². The zero-order valence-electron chi connectivity index (χ0n) is 4.74. The molecule has 0 aromatic carbocycles. The molecule has 0 saturated heterocycles. The van der Waals surface area contributed by atoms with Gasteiger partial charge in [-0.2, -0.15) is 0 Å². The van der Waals surface area contributed by atoms with Crippen LogP contribution in [0.1, 0.15) is 26.2 Å². The molecule has 0 spiro atoms. The average Bonchev–Trinajstić information content (AvgIpc) is 1.61. The van der Waals surface area contributed by atoms with E-state index in [1.165, 1.54) is 19.3 Å². The van der Waals surface area contributed by atoms with Crippen LogP contribution in [0, 0.1) is 0 Å². The second kappa shape index (κ2) is 9.53. The third-order valence-electron chi connectivity index (χ3n) is 0.762. The molecule has 0 rings (SSSR count). The molecule has 0 saturated carbocycles. The van der Waals surface area contributed by atoms with Crippen molar-refractivity contribution in [3.05, 3.63) is 12.7 Å². The Morgan fingerprint density at radius 1 is 1.57 bits per heavy atom. The molecule has 0 atom stereocenters. The molecule has 1 radical (unpaired) electrons. The quantitative estimate of drug-likeness (QED) is 0.420. The molecule has 0 aromatic heterocycles. The van der Waals surface area contributed by atoms with Gasteiger partial charge in [0.05, 0.1) is 0 Å². The van der Waals surface area contributed by atoms with E-state index >= 15 is 0 Å². The van der Waals surface area contributed by atoms with E-state index in [1.807, 2.05) is 6.08 Å². The van der Waals surface area contributed by atoms with Crippen molar-refractivity contribution in [2.24, 2.45) is 0 Å². The van der Waals surface area contributed by atoms with Crippen molar-refractivity contribution in [3.8, 4) is 0 Å². The number of hydrogen-bond acceptors (Lipinski definition) is 0. The van der Waals surface area contributed by atoms with Crippen molar-refractivity contribution in [1.82, 2.24) is 0 Å². The molecule has 0 heterocycles. The van der Waals surface area contributed by atoms with Gasteiger partial charge in [0.15, 0.2) is 0 Å². The van der Waals surface area contributed by atoms with Crippen molar-refractivity contribution in [3.63, 3.8) is 0 Å². The van der Waals surface area contributed by atoms with Crippen molar-refractivity contribution in [2.45, 2.75) is 26.2 Å². The fourth-order valence-corrected chi connectivity index (χ4v) is 0.348. The van der Waals surface area contributed by atoms with Crippen LogP contribution in [0.5, 0.6) is 0 Å².